The van der Waals surface area contributed by atoms with E-state index in [1.165, 1.54) is 12.8 Å². The average Bonchev–Trinajstić information content (AvgIpc) is 3.16. The molecule has 4 saturated carbocycles. The van der Waals surface area contributed by atoms with Crippen LogP contribution in [0.5, 0.6) is 0 Å². The van der Waals surface area contributed by atoms with Gasteiger partial charge in [0.25, 0.3) is 0 Å². The van der Waals surface area contributed by atoms with E-state index >= 15 is 0 Å². The molecule has 6 rings (SSSR count). The Morgan fingerprint density at radius 3 is 2.67 bits per heavy atom. The van der Waals surface area contributed by atoms with Gasteiger partial charge in [-0.3, -0.25) is 4.79 Å². The molecule has 5 nitrogen and oxygen atoms in total. The SMILES string of the molecule is CC1CCC(C(C)C)C(OC(C)(C)c2coc(-c3cccc(NC(=O)C45CC(C4)C5)c3)n2)C1. The molecule has 0 aliphatic heterocycles. The maximum Gasteiger partial charge on any atom is 0.230 e. The van der Waals surface area contributed by atoms with Crippen LogP contribution in [0, 0.1) is 29.1 Å². The van der Waals surface area contributed by atoms with Gasteiger partial charge in [-0.25, -0.2) is 4.98 Å². The highest BCUT2D eigenvalue weighted by atomic mass is 16.5. The molecule has 1 amide bonds. The van der Waals surface area contributed by atoms with Crippen LogP contribution in [0.2, 0.25) is 0 Å². The normalized spacial score (nSPS) is 31.1. The van der Waals surface area contributed by atoms with Crippen molar-refractivity contribution < 1.29 is 13.9 Å². The molecule has 4 aliphatic carbocycles. The molecule has 2 bridgehead atoms. The van der Waals surface area contributed by atoms with Gasteiger partial charge in [0.1, 0.15) is 17.6 Å². The number of amides is 1. The van der Waals surface area contributed by atoms with Crippen LogP contribution in [-0.2, 0) is 15.1 Å². The minimum absolute atomic E-state index is 0.0946. The van der Waals surface area contributed by atoms with E-state index < -0.39 is 5.60 Å². The van der Waals surface area contributed by atoms with Crippen molar-refractivity contribution in [3.63, 3.8) is 0 Å². The summed E-state index contributed by atoms with van der Waals surface area (Å²) in [5.41, 5.74) is 1.84. The number of hydrogen-bond donors (Lipinski definition) is 1. The summed E-state index contributed by atoms with van der Waals surface area (Å²) in [4.78, 5) is 17.5. The molecule has 1 aromatic carbocycles. The number of benzene rings is 1. The zero-order valence-electron chi connectivity index (χ0n) is 20.7. The minimum Gasteiger partial charge on any atom is -0.444 e. The summed E-state index contributed by atoms with van der Waals surface area (Å²) >= 11 is 0. The largest absolute Gasteiger partial charge is 0.444 e. The number of rotatable bonds is 7. The van der Waals surface area contributed by atoms with Gasteiger partial charge in [0.05, 0.1) is 11.5 Å². The van der Waals surface area contributed by atoms with Gasteiger partial charge in [-0.1, -0.05) is 33.3 Å². The highest BCUT2D eigenvalue weighted by Crippen LogP contribution is 2.64. The number of oxazole rings is 1. The fourth-order valence-corrected chi connectivity index (χ4v) is 6.12. The Kier molecular flexibility index (Phi) is 5.67. The van der Waals surface area contributed by atoms with E-state index in [2.05, 4.69) is 39.9 Å². The van der Waals surface area contributed by atoms with Gasteiger partial charge in [0.15, 0.2) is 0 Å². The standard InChI is InChI=1S/C28H38N2O3/c1-17(2)22-10-9-18(3)11-23(22)33-27(4,5)24-16-32-25(30-24)20-7-6-8-21(12-20)29-26(31)28-13-19(14-28)15-28/h6-8,12,16-19,22-23H,9-11,13-15H2,1-5H3,(H,29,31). The molecule has 0 saturated heterocycles. The summed E-state index contributed by atoms with van der Waals surface area (Å²) in [7, 11) is 0. The number of anilines is 1. The third kappa shape index (κ3) is 4.25. The first-order chi connectivity index (χ1) is 15.6. The lowest BCUT2D eigenvalue weighted by molar-refractivity contribution is -0.158. The Balaban J connectivity index is 1.29. The van der Waals surface area contributed by atoms with E-state index in [0.717, 1.165) is 48.5 Å². The van der Waals surface area contributed by atoms with E-state index in [4.69, 9.17) is 14.1 Å². The zero-order chi connectivity index (χ0) is 23.4. The Labute approximate surface area is 197 Å². The molecule has 3 unspecified atom stereocenters. The van der Waals surface area contributed by atoms with E-state index in [0.29, 0.717) is 23.6 Å². The van der Waals surface area contributed by atoms with Gasteiger partial charge in [-0.05, 0) is 87.8 Å². The second kappa shape index (κ2) is 8.26. The van der Waals surface area contributed by atoms with Crippen molar-refractivity contribution in [2.24, 2.45) is 29.1 Å². The highest BCUT2D eigenvalue weighted by Gasteiger charge is 2.61. The Hall–Kier alpha value is -2.14. The van der Waals surface area contributed by atoms with Crippen LogP contribution >= 0.6 is 0 Å². The zero-order valence-corrected chi connectivity index (χ0v) is 20.7. The van der Waals surface area contributed by atoms with Crippen LogP contribution in [0.3, 0.4) is 0 Å². The van der Waals surface area contributed by atoms with E-state index in [-0.39, 0.29) is 17.4 Å². The van der Waals surface area contributed by atoms with Gasteiger partial charge >= 0.3 is 0 Å². The number of carbonyl (C=O) groups excluding carboxylic acids is 1. The van der Waals surface area contributed by atoms with E-state index in [9.17, 15) is 4.79 Å². The predicted molar refractivity (Wildman–Crippen MR) is 130 cm³/mol. The molecule has 3 atom stereocenters. The molecule has 1 aromatic heterocycles. The lowest BCUT2D eigenvalue weighted by atomic mass is 9.44. The van der Waals surface area contributed by atoms with Gasteiger partial charge < -0.3 is 14.5 Å². The quantitative estimate of drug-likeness (QED) is 0.504. The Morgan fingerprint density at radius 1 is 1.24 bits per heavy atom. The van der Waals surface area contributed by atoms with Crippen molar-refractivity contribution >= 4 is 11.6 Å². The molecule has 1 N–H and O–H groups in total. The van der Waals surface area contributed by atoms with Crippen molar-refractivity contribution in [1.29, 1.82) is 0 Å². The lowest BCUT2D eigenvalue weighted by Gasteiger charge is -2.60. The van der Waals surface area contributed by atoms with Gasteiger partial charge in [-0.2, -0.15) is 0 Å². The molecule has 1 heterocycles. The molecule has 0 radical (unpaired) electrons. The smallest absolute Gasteiger partial charge is 0.230 e. The van der Waals surface area contributed by atoms with Crippen molar-refractivity contribution in [3.8, 4) is 11.5 Å². The average molecular weight is 451 g/mol. The van der Waals surface area contributed by atoms with Crippen molar-refractivity contribution in [2.45, 2.75) is 84.8 Å². The van der Waals surface area contributed by atoms with Crippen molar-refractivity contribution in [1.82, 2.24) is 4.98 Å². The molecular formula is C28H38N2O3. The lowest BCUT2D eigenvalue weighted by Crippen LogP contribution is -2.58. The van der Waals surface area contributed by atoms with Crippen LogP contribution in [0.1, 0.15) is 78.8 Å². The van der Waals surface area contributed by atoms with Crippen LogP contribution in [0.15, 0.2) is 34.9 Å². The number of nitrogens with zero attached hydrogens (tertiary/aromatic N) is 1. The Bertz CT molecular complexity index is 1010. The van der Waals surface area contributed by atoms with Gasteiger partial charge in [0.2, 0.25) is 11.8 Å². The summed E-state index contributed by atoms with van der Waals surface area (Å²) in [5.74, 6) is 3.37. The summed E-state index contributed by atoms with van der Waals surface area (Å²) in [5, 5.41) is 3.11. The molecule has 5 heteroatoms. The molecular weight excluding hydrogens is 412 g/mol. The number of aromatic nitrogens is 1. The van der Waals surface area contributed by atoms with Crippen LogP contribution in [-0.4, -0.2) is 17.0 Å². The third-order valence-electron chi connectivity index (χ3n) is 8.42. The van der Waals surface area contributed by atoms with Crippen molar-refractivity contribution in [2.75, 3.05) is 5.32 Å². The van der Waals surface area contributed by atoms with E-state index in [1.807, 2.05) is 24.3 Å². The van der Waals surface area contributed by atoms with Crippen molar-refractivity contribution in [3.05, 3.63) is 36.2 Å². The predicted octanol–water partition coefficient (Wildman–Crippen LogP) is 6.79. The molecule has 4 fully saturated rings. The topological polar surface area (TPSA) is 64.4 Å². The fraction of sp³-hybridized carbons (Fsp3) is 0.643. The maximum absolute atomic E-state index is 12.7. The second-order valence-electron chi connectivity index (χ2n) is 11.8. The first-order valence-electron chi connectivity index (χ1n) is 12.7. The highest BCUT2D eigenvalue weighted by molar-refractivity contribution is 5.97. The van der Waals surface area contributed by atoms with Gasteiger partial charge in [0, 0.05) is 11.3 Å². The molecule has 2 aromatic rings. The monoisotopic (exact) mass is 450 g/mol. The number of carbonyl (C=O) groups is 1. The number of hydrogen-bond acceptors (Lipinski definition) is 4. The molecule has 4 aliphatic rings. The van der Waals surface area contributed by atoms with Crippen LogP contribution < -0.4 is 5.32 Å². The fourth-order valence-electron chi connectivity index (χ4n) is 6.12. The summed E-state index contributed by atoms with van der Waals surface area (Å²) in [6, 6.07) is 7.79. The molecule has 0 spiro atoms. The van der Waals surface area contributed by atoms with Gasteiger partial charge in [-0.15, -0.1) is 0 Å². The molecule has 178 valence electrons. The minimum atomic E-state index is -0.535. The van der Waals surface area contributed by atoms with Crippen LogP contribution in [0.25, 0.3) is 11.5 Å². The number of ether oxygens (including phenoxy) is 1. The van der Waals surface area contributed by atoms with E-state index in [1.54, 1.807) is 6.26 Å². The number of nitrogens with one attached hydrogen (secondary N) is 1. The maximum atomic E-state index is 12.7. The molecule has 33 heavy (non-hydrogen) atoms. The summed E-state index contributed by atoms with van der Waals surface area (Å²) in [6.07, 6.45) is 8.71. The summed E-state index contributed by atoms with van der Waals surface area (Å²) in [6.45, 7) is 11.1. The first-order valence-corrected chi connectivity index (χ1v) is 12.7. The third-order valence-corrected chi connectivity index (χ3v) is 8.42. The summed E-state index contributed by atoms with van der Waals surface area (Å²) < 4.78 is 12.6. The second-order valence-corrected chi connectivity index (χ2v) is 11.8. The van der Waals surface area contributed by atoms with Crippen LogP contribution in [0.4, 0.5) is 5.69 Å². The Morgan fingerprint density at radius 2 is 2.00 bits per heavy atom. The first kappa shape index (κ1) is 22.6.